The molecule has 0 aliphatic heterocycles. The standard InChI is InChI=1S/C20H21FO/c1-5-17(18-9-7-6-8-13(18)2)15(4)20(22)19-12-16(21)11-10-14(19)3/h5-12,22H,1-4H3/b17-5?,20-15+. The second-order valence-electron chi connectivity index (χ2n) is 5.45. The minimum absolute atomic E-state index is 0.119. The molecular formula is C20H21FO. The van der Waals surface area contributed by atoms with E-state index in [0.717, 1.165) is 27.8 Å². The van der Waals surface area contributed by atoms with Gasteiger partial charge < -0.3 is 5.11 Å². The molecule has 2 rings (SSSR count). The average Bonchev–Trinajstić information content (AvgIpc) is 2.51. The van der Waals surface area contributed by atoms with Gasteiger partial charge in [0.05, 0.1) is 0 Å². The van der Waals surface area contributed by atoms with Crippen molar-refractivity contribution >= 4 is 11.3 Å². The van der Waals surface area contributed by atoms with Gasteiger partial charge in [0.1, 0.15) is 11.6 Å². The third-order valence-electron chi connectivity index (χ3n) is 3.94. The first-order valence-corrected chi connectivity index (χ1v) is 7.34. The summed E-state index contributed by atoms with van der Waals surface area (Å²) in [5.74, 6) is -0.230. The lowest BCUT2D eigenvalue weighted by molar-refractivity contribution is 0.506. The molecule has 22 heavy (non-hydrogen) atoms. The molecule has 0 radical (unpaired) electrons. The largest absolute Gasteiger partial charge is 0.507 e. The molecule has 0 saturated heterocycles. The van der Waals surface area contributed by atoms with Crippen LogP contribution in [-0.2, 0) is 0 Å². The predicted molar refractivity (Wildman–Crippen MR) is 91.2 cm³/mol. The van der Waals surface area contributed by atoms with Crippen molar-refractivity contribution in [1.82, 2.24) is 0 Å². The molecule has 0 heterocycles. The molecule has 114 valence electrons. The van der Waals surface area contributed by atoms with Gasteiger partial charge >= 0.3 is 0 Å². The first-order valence-electron chi connectivity index (χ1n) is 7.34. The van der Waals surface area contributed by atoms with Crippen LogP contribution in [0.25, 0.3) is 11.3 Å². The quantitative estimate of drug-likeness (QED) is 0.557. The molecule has 0 bridgehead atoms. The molecule has 1 nitrogen and oxygen atoms in total. The summed E-state index contributed by atoms with van der Waals surface area (Å²) in [5, 5.41) is 10.6. The van der Waals surface area contributed by atoms with Gasteiger partial charge in [0.2, 0.25) is 0 Å². The van der Waals surface area contributed by atoms with Crippen molar-refractivity contribution in [3.63, 3.8) is 0 Å². The molecule has 2 aromatic rings. The minimum Gasteiger partial charge on any atom is -0.507 e. The molecule has 0 spiro atoms. The van der Waals surface area contributed by atoms with Crippen LogP contribution >= 0.6 is 0 Å². The Labute approximate surface area is 131 Å². The third-order valence-corrected chi connectivity index (χ3v) is 3.94. The Hall–Kier alpha value is -2.35. The highest BCUT2D eigenvalue weighted by atomic mass is 19.1. The van der Waals surface area contributed by atoms with Gasteiger partial charge in [-0.3, -0.25) is 0 Å². The van der Waals surface area contributed by atoms with E-state index in [4.69, 9.17) is 0 Å². The van der Waals surface area contributed by atoms with Gasteiger partial charge in [0.25, 0.3) is 0 Å². The molecule has 2 aromatic carbocycles. The summed E-state index contributed by atoms with van der Waals surface area (Å²) in [6.07, 6.45) is 1.97. The van der Waals surface area contributed by atoms with Gasteiger partial charge in [-0.2, -0.15) is 0 Å². The number of benzene rings is 2. The van der Waals surface area contributed by atoms with E-state index in [0.29, 0.717) is 5.56 Å². The lowest BCUT2D eigenvalue weighted by atomic mass is 9.92. The van der Waals surface area contributed by atoms with Gasteiger partial charge in [0, 0.05) is 5.56 Å². The zero-order valence-corrected chi connectivity index (χ0v) is 13.4. The molecular weight excluding hydrogens is 275 g/mol. The highest BCUT2D eigenvalue weighted by Gasteiger charge is 2.13. The maximum Gasteiger partial charge on any atom is 0.126 e. The molecule has 0 saturated carbocycles. The lowest BCUT2D eigenvalue weighted by Gasteiger charge is -2.15. The van der Waals surface area contributed by atoms with Gasteiger partial charge in [0.15, 0.2) is 0 Å². The Kier molecular flexibility index (Phi) is 4.81. The van der Waals surface area contributed by atoms with Crippen molar-refractivity contribution < 1.29 is 9.50 Å². The maximum atomic E-state index is 13.5. The number of aliphatic hydroxyl groups is 1. The van der Waals surface area contributed by atoms with E-state index in [9.17, 15) is 9.50 Å². The number of hydrogen-bond acceptors (Lipinski definition) is 1. The zero-order chi connectivity index (χ0) is 16.3. The number of aryl methyl sites for hydroxylation is 2. The second-order valence-corrected chi connectivity index (χ2v) is 5.45. The normalized spacial score (nSPS) is 13.0. The summed E-state index contributed by atoms with van der Waals surface area (Å²) >= 11 is 0. The highest BCUT2D eigenvalue weighted by Crippen LogP contribution is 2.31. The van der Waals surface area contributed by atoms with Crippen molar-refractivity contribution in [3.8, 4) is 0 Å². The van der Waals surface area contributed by atoms with Crippen LogP contribution in [-0.4, -0.2) is 5.11 Å². The first-order chi connectivity index (χ1) is 10.5. The monoisotopic (exact) mass is 296 g/mol. The van der Waals surface area contributed by atoms with Crippen LogP contribution in [0.3, 0.4) is 0 Å². The fourth-order valence-electron chi connectivity index (χ4n) is 2.63. The molecule has 0 aromatic heterocycles. The van der Waals surface area contributed by atoms with E-state index in [1.54, 1.807) is 6.07 Å². The highest BCUT2D eigenvalue weighted by molar-refractivity contribution is 5.87. The zero-order valence-electron chi connectivity index (χ0n) is 13.4. The van der Waals surface area contributed by atoms with Crippen LogP contribution in [0.4, 0.5) is 4.39 Å². The summed E-state index contributed by atoms with van der Waals surface area (Å²) in [7, 11) is 0. The lowest BCUT2D eigenvalue weighted by Crippen LogP contribution is -1.97. The minimum atomic E-state index is -0.349. The van der Waals surface area contributed by atoms with Gasteiger partial charge in [-0.05, 0) is 67.7 Å². The van der Waals surface area contributed by atoms with Crippen molar-refractivity contribution in [3.05, 3.63) is 82.2 Å². The summed E-state index contributed by atoms with van der Waals surface area (Å²) in [5.41, 5.74) is 5.29. The van der Waals surface area contributed by atoms with E-state index >= 15 is 0 Å². The average molecular weight is 296 g/mol. The SMILES string of the molecule is CC=C(/C(C)=C(/O)c1cc(F)ccc1C)c1ccccc1C. The second kappa shape index (κ2) is 6.61. The Balaban J connectivity index is 2.58. The van der Waals surface area contributed by atoms with Crippen LogP contribution in [0.15, 0.2) is 54.1 Å². The van der Waals surface area contributed by atoms with Gasteiger partial charge in [-0.15, -0.1) is 0 Å². The van der Waals surface area contributed by atoms with Crippen LogP contribution in [0.1, 0.15) is 36.1 Å². The molecule has 0 unspecified atom stereocenters. The Morgan fingerprint density at radius 1 is 1.00 bits per heavy atom. The topological polar surface area (TPSA) is 20.2 Å². The Morgan fingerprint density at radius 3 is 2.27 bits per heavy atom. The van der Waals surface area contributed by atoms with E-state index in [-0.39, 0.29) is 11.6 Å². The van der Waals surface area contributed by atoms with Crippen LogP contribution < -0.4 is 0 Å². The van der Waals surface area contributed by atoms with E-state index in [1.807, 2.05) is 58.0 Å². The van der Waals surface area contributed by atoms with Crippen molar-refractivity contribution in [2.24, 2.45) is 0 Å². The van der Waals surface area contributed by atoms with Crippen LogP contribution in [0.5, 0.6) is 0 Å². The summed E-state index contributed by atoms with van der Waals surface area (Å²) < 4.78 is 13.5. The number of hydrogen-bond donors (Lipinski definition) is 1. The van der Waals surface area contributed by atoms with E-state index in [1.165, 1.54) is 12.1 Å². The first kappa shape index (κ1) is 16.0. The van der Waals surface area contributed by atoms with E-state index < -0.39 is 0 Å². The number of allylic oxidation sites excluding steroid dienone is 3. The fraction of sp³-hybridized carbons (Fsp3) is 0.200. The summed E-state index contributed by atoms with van der Waals surface area (Å²) in [6, 6.07) is 12.5. The number of aliphatic hydroxyl groups excluding tert-OH is 1. The number of halogens is 1. The van der Waals surface area contributed by atoms with Crippen molar-refractivity contribution in [1.29, 1.82) is 0 Å². The molecule has 0 amide bonds. The van der Waals surface area contributed by atoms with Crippen molar-refractivity contribution in [2.45, 2.75) is 27.7 Å². The Bertz CT molecular complexity index is 754. The smallest absolute Gasteiger partial charge is 0.126 e. The third kappa shape index (κ3) is 3.11. The molecule has 0 aliphatic rings. The Morgan fingerprint density at radius 2 is 1.64 bits per heavy atom. The molecule has 0 aliphatic carbocycles. The van der Waals surface area contributed by atoms with Crippen LogP contribution in [0.2, 0.25) is 0 Å². The maximum absolute atomic E-state index is 13.5. The van der Waals surface area contributed by atoms with Gasteiger partial charge in [-0.25, -0.2) is 4.39 Å². The fourth-order valence-corrected chi connectivity index (χ4v) is 2.63. The molecule has 0 fully saturated rings. The molecule has 1 N–H and O–H groups in total. The van der Waals surface area contributed by atoms with E-state index in [2.05, 4.69) is 0 Å². The molecule has 0 atom stereocenters. The number of rotatable bonds is 3. The van der Waals surface area contributed by atoms with Crippen LogP contribution in [0, 0.1) is 19.7 Å². The summed E-state index contributed by atoms with van der Waals surface area (Å²) in [6.45, 7) is 7.70. The predicted octanol–water partition coefficient (Wildman–Crippen LogP) is 5.84. The van der Waals surface area contributed by atoms with Crippen molar-refractivity contribution in [2.75, 3.05) is 0 Å². The molecule has 2 heteroatoms. The van der Waals surface area contributed by atoms with Gasteiger partial charge in [-0.1, -0.05) is 36.4 Å². The summed E-state index contributed by atoms with van der Waals surface area (Å²) in [4.78, 5) is 0.